The van der Waals surface area contributed by atoms with Crippen LogP contribution in [0, 0.1) is 0 Å². The summed E-state index contributed by atoms with van der Waals surface area (Å²) in [6.45, 7) is 3.20. The monoisotopic (exact) mass is 174 g/mol. The molecule has 0 saturated heterocycles. The zero-order chi connectivity index (χ0) is 9.89. The van der Waals surface area contributed by atoms with Gasteiger partial charge in [-0.15, -0.1) is 0 Å². The number of carbonyl (C=O) groups is 2. The van der Waals surface area contributed by atoms with Gasteiger partial charge in [0.05, 0.1) is 0 Å². The van der Waals surface area contributed by atoms with Crippen molar-refractivity contribution < 1.29 is 9.59 Å². The van der Waals surface area contributed by atoms with E-state index in [1.54, 1.807) is 0 Å². The molecule has 0 bridgehead atoms. The molecule has 68 valence electrons. The Bertz CT molecular complexity index is 204. The second-order valence-electron chi connectivity index (χ2n) is 1.83. The van der Waals surface area contributed by atoms with E-state index in [0.717, 1.165) is 0 Å². The van der Waals surface area contributed by atoms with E-state index in [0.29, 0.717) is 10.0 Å². The Labute approximate surface area is 68.3 Å². The van der Waals surface area contributed by atoms with Crippen LogP contribution in [0.15, 0.2) is 12.4 Å². The molecule has 12 heavy (non-hydrogen) atoms. The summed E-state index contributed by atoms with van der Waals surface area (Å²) in [6, 6.07) is -2.01. The fraction of sp³-hybridized carbons (Fsp3) is 0. The minimum Gasteiger partial charge on any atom is -0.350 e. The molecule has 8 heteroatoms. The molecule has 0 heterocycles. The molecule has 0 aromatic carbocycles. The lowest BCUT2D eigenvalue weighted by molar-refractivity contribution is 0.189. The normalized spacial score (nSPS) is 8.83. The molecule has 0 aromatic heterocycles. The first-order valence-corrected chi connectivity index (χ1v) is 2.75. The first kappa shape index (κ1) is 10.2. The molecule has 0 atom stereocenters. The third-order valence-corrected chi connectivity index (χ3v) is 1.03. The van der Waals surface area contributed by atoms with Gasteiger partial charge in [0.15, 0.2) is 0 Å². The number of carbonyl (C=O) groups excluding carboxylic acids is 2. The fourth-order valence-electron chi connectivity index (χ4n) is 0.370. The predicted molar refractivity (Wildman–Crippen MR) is 40.4 cm³/mol. The Hall–Kier alpha value is -1.80. The van der Waals surface area contributed by atoms with Crippen LogP contribution in [-0.2, 0) is 0 Å². The van der Waals surface area contributed by atoms with Crippen LogP contribution in [-0.4, -0.2) is 22.1 Å². The van der Waals surface area contributed by atoms with E-state index in [-0.39, 0.29) is 5.82 Å². The van der Waals surface area contributed by atoms with Gasteiger partial charge in [0.25, 0.3) is 0 Å². The van der Waals surface area contributed by atoms with E-state index in [2.05, 4.69) is 6.58 Å². The average Bonchev–Trinajstić information content (AvgIpc) is 2.00. The molecule has 0 unspecified atom stereocenters. The SMILES string of the molecule is C=C(N(N)C(N)=O)N(N)C(N)=O. The summed E-state index contributed by atoms with van der Waals surface area (Å²) in [7, 11) is 0. The molecule has 0 aliphatic rings. The minimum atomic E-state index is -1.00. The van der Waals surface area contributed by atoms with Crippen molar-refractivity contribution in [3.8, 4) is 0 Å². The standard InChI is InChI=1S/C4H10N6O2/c1-2(9(7)3(5)11)10(8)4(6)12/h1,7-8H2,(H2,5,11)(H2,6,12). The number of rotatable bonds is 2. The number of primary amides is 2. The van der Waals surface area contributed by atoms with Crippen molar-refractivity contribution in [1.29, 1.82) is 0 Å². The number of hydrazine groups is 2. The van der Waals surface area contributed by atoms with E-state index in [9.17, 15) is 9.59 Å². The van der Waals surface area contributed by atoms with Crippen LogP contribution in [0.25, 0.3) is 0 Å². The molecule has 8 nitrogen and oxygen atoms in total. The van der Waals surface area contributed by atoms with Gasteiger partial charge >= 0.3 is 12.1 Å². The van der Waals surface area contributed by atoms with Crippen LogP contribution in [0.3, 0.4) is 0 Å². The van der Waals surface area contributed by atoms with Crippen LogP contribution < -0.4 is 23.2 Å². The van der Waals surface area contributed by atoms with Crippen LogP contribution in [0.4, 0.5) is 9.59 Å². The molecule has 0 radical (unpaired) electrons. The Balaban J connectivity index is 4.39. The predicted octanol–water partition coefficient (Wildman–Crippen LogP) is -2.03. The van der Waals surface area contributed by atoms with Crippen molar-refractivity contribution in [2.24, 2.45) is 23.2 Å². The van der Waals surface area contributed by atoms with Gasteiger partial charge in [-0.3, -0.25) is 0 Å². The van der Waals surface area contributed by atoms with Crippen LogP contribution >= 0.6 is 0 Å². The van der Waals surface area contributed by atoms with Crippen molar-refractivity contribution >= 4 is 12.1 Å². The summed E-state index contributed by atoms with van der Waals surface area (Å²) in [5.41, 5.74) is 9.48. The summed E-state index contributed by atoms with van der Waals surface area (Å²) >= 11 is 0. The van der Waals surface area contributed by atoms with Crippen LogP contribution in [0.1, 0.15) is 0 Å². The number of nitrogens with zero attached hydrogens (tertiary/aromatic N) is 2. The molecule has 0 aliphatic heterocycles. The maximum atomic E-state index is 10.4. The molecular weight excluding hydrogens is 164 g/mol. The summed E-state index contributed by atoms with van der Waals surface area (Å²) in [6.07, 6.45) is 0. The molecule has 0 spiro atoms. The van der Waals surface area contributed by atoms with Gasteiger partial charge < -0.3 is 11.5 Å². The van der Waals surface area contributed by atoms with Crippen molar-refractivity contribution in [3.05, 3.63) is 12.4 Å². The minimum absolute atomic E-state index is 0.310. The number of nitrogens with two attached hydrogens (primary N) is 4. The van der Waals surface area contributed by atoms with E-state index in [1.807, 2.05) is 0 Å². The highest BCUT2D eigenvalue weighted by atomic mass is 16.2. The summed E-state index contributed by atoms with van der Waals surface area (Å²) in [4.78, 5) is 20.8. The second kappa shape index (κ2) is 3.55. The number of urea groups is 2. The summed E-state index contributed by atoms with van der Waals surface area (Å²) < 4.78 is 0. The molecule has 4 amide bonds. The Kier molecular flexibility index (Phi) is 3.02. The van der Waals surface area contributed by atoms with Gasteiger partial charge in [-0.25, -0.2) is 31.3 Å². The van der Waals surface area contributed by atoms with Gasteiger partial charge in [-0.05, 0) is 0 Å². The van der Waals surface area contributed by atoms with Gasteiger partial charge in [-0.1, -0.05) is 6.58 Å². The zero-order valence-corrected chi connectivity index (χ0v) is 6.23. The van der Waals surface area contributed by atoms with Crippen molar-refractivity contribution in [1.82, 2.24) is 10.0 Å². The molecular formula is C4H10N6O2. The Morgan fingerprint density at radius 1 is 1.00 bits per heavy atom. The number of hydrogen-bond donors (Lipinski definition) is 4. The smallest absolute Gasteiger partial charge is 0.335 e. The fourth-order valence-corrected chi connectivity index (χ4v) is 0.370. The summed E-state index contributed by atoms with van der Waals surface area (Å²) in [5.74, 6) is 9.75. The zero-order valence-electron chi connectivity index (χ0n) is 6.23. The van der Waals surface area contributed by atoms with Crippen molar-refractivity contribution in [2.75, 3.05) is 0 Å². The quantitative estimate of drug-likeness (QED) is 0.217. The van der Waals surface area contributed by atoms with Gasteiger partial charge in [0.2, 0.25) is 0 Å². The van der Waals surface area contributed by atoms with Crippen molar-refractivity contribution in [2.45, 2.75) is 0 Å². The van der Waals surface area contributed by atoms with Gasteiger partial charge in [0.1, 0.15) is 5.82 Å². The Morgan fingerprint density at radius 3 is 1.42 bits per heavy atom. The van der Waals surface area contributed by atoms with Crippen molar-refractivity contribution in [3.63, 3.8) is 0 Å². The maximum absolute atomic E-state index is 10.4. The molecule has 0 saturated carbocycles. The average molecular weight is 174 g/mol. The summed E-state index contributed by atoms with van der Waals surface area (Å²) in [5, 5.41) is 0.787. The molecule has 8 N–H and O–H groups in total. The van der Waals surface area contributed by atoms with E-state index in [4.69, 9.17) is 23.2 Å². The second-order valence-corrected chi connectivity index (χ2v) is 1.83. The molecule has 0 rings (SSSR count). The molecule has 0 aliphatic carbocycles. The van der Waals surface area contributed by atoms with E-state index in [1.165, 1.54) is 0 Å². The van der Waals surface area contributed by atoms with Crippen LogP contribution in [0.5, 0.6) is 0 Å². The van der Waals surface area contributed by atoms with Crippen LogP contribution in [0.2, 0.25) is 0 Å². The lowest BCUT2D eigenvalue weighted by Crippen LogP contribution is -2.51. The molecule has 0 fully saturated rings. The third-order valence-electron chi connectivity index (χ3n) is 1.03. The van der Waals surface area contributed by atoms with E-state index >= 15 is 0 Å². The lowest BCUT2D eigenvalue weighted by Gasteiger charge is -2.22. The van der Waals surface area contributed by atoms with Gasteiger partial charge in [0, 0.05) is 0 Å². The van der Waals surface area contributed by atoms with Gasteiger partial charge in [-0.2, -0.15) is 0 Å². The third kappa shape index (κ3) is 2.11. The Morgan fingerprint density at radius 2 is 1.25 bits per heavy atom. The first-order chi connectivity index (χ1) is 5.37. The first-order valence-electron chi connectivity index (χ1n) is 2.75. The highest BCUT2D eigenvalue weighted by Crippen LogP contribution is 1.97. The number of amides is 4. The highest BCUT2D eigenvalue weighted by Gasteiger charge is 2.16. The lowest BCUT2D eigenvalue weighted by atomic mass is 10.7. The van der Waals surface area contributed by atoms with E-state index < -0.39 is 12.1 Å². The number of hydrogen-bond acceptors (Lipinski definition) is 4. The molecule has 0 aromatic rings. The topological polar surface area (TPSA) is 145 Å². The maximum Gasteiger partial charge on any atom is 0.335 e. The largest absolute Gasteiger partial charge is 0.350 e. The highest BCUT2D eigenvalue weighted by molar-refractivity contribution is 5.77.